The lowest BCUT2D eigenvalue weighted by atomic mass is 10.2. The molecule has 0 bridgehead atoms. The Morgan fingerprint density at radius 1 is 1.56 bits per heavy atom. The predicted octanol–water partition coefficient (Wildman–Crippen LogP) is 1.14. The van der Waals surface area contributed by atoms with Crippen molar-refractivity contribution in [2.45, 2.75) is 31.4 Å². The summed E-state index contributed by atoms with van der Waals surface area (Å²) in [6, 6.07) is -0.0142. The lowest BCUT2D eigenvalue weighted by Gasteiger charge is -2.18. The third-order valence-electron chi connectivity index (χ3n) is 2.99. The Labute approximate surface area is 108 Å². The van der Waals surface area contributed by atoms with E-state index >= 15 is 0 Å². The number of carbonyl (C=O) groups excluding carboxylic acids is 1. The monoisotopic (exact) mass is 270 g/mol. The van der Waals surface area contributed by atoms with Crippen LogP contribution in [0.4, 0.5) is 0 Å². The molecule has 0 radical (unpaired) electrons. The number of carboxylic acid groups (broad SMARTS) is 1. The van der Waals surface area contributed by atoms with Gasteiger partial charge < -0.3 is 15.2 Å². The number of hydrogen-bond donors (Lipinski definition) is 2. The van der Waals surface area contributed by atoms with E-state index in [0.29, 0.717) is 0 Å². The van der Waals surface area contributed by atoms with Crippen molar-refractivity contribution in [2.24, 2.45) is 0 Å². The van der Waals surface area contributed by atoms with Gasteiger partial charge in [-0.1, -0.05) is 0 Å². The number of aromatic carboxylic acids is 1. The molecule has 6 nitrogen and oxygen atoms in total. The van der Waals surface area contributed by atoms with E-state index in [9.17, 15) is 9.59 Å². The minimum Gasteiger partial charge on any atom is -0.476 e. The second-order valence-electron chi connectivity index (χ2n) is 4.13. The van der Waals surface area contributed by atoms with E-state index in [4.69, 9.17) is 9.84 Å². The Bertz CT molecular complexity index is 460. The van der Waals surface area contributed by atoms with Gasteiger partial charge in [-0.05, 0) is 19.3 Å². The number of hydrogen-bond acceptors (Lipinski definition) is 5. The number of aromatic nitrogens is 1. The molecule has 1 saturated carbocycles. The fraction of sp³-hybridized carbons (Fsp3) is 0.545. The molecular formula is C11H14N2O4S. The second-order valence-corrected chi connectivity index (χ2v) is 4.99. The van der Waals surface area contributed by atoms with Crippen molar-refractivity contribution >= 4 is 23.2 Å². The lowest BCUT2D eigenvalue weighted by molar-refractivity contribution is 0.0690. The molecule has 2 unspecified atom stereocenters. The summed E-state index contributed by atoms with van der Waals surface area (Å²) < 4.78 is 5.28. The molecule has 7 heteroatoms. The molecule has 2 N–H and O–H groups in total. The highest BCUT2D eigenvalue weighted by Gasteiger charge is 2.29. The minimum absolute atomic E-state index is 0.0142. The van der Waals surface area contributed by atoms with Crippen LogP contribution in [0.5, 0.6) is 0 Å². The molecule has 1 aromatic heterocycles. The van der Waals surface area contributed by atoms with Gasteiger partial charge in [-0.25, -0.2) is 9.78 Å². The van der Waals surface area contributed by atoms with Crippen molar-refractivity contribution in [3.8, 4) is 0 Å². The van der Waals surface area contributed by atoms with Gasteiger partial charge in [0.05, 0.1) is 12.1 Å². The van der Waals surface area contributed by atoms with Crippen molar-refractivity contribution in [1.82, 2.24) is 10.3 Å². The Morgan fingerprint density at radius 2 is 2.33 bits per heavy atom. The van der Waals surface area contributed by atoms with Crippen LogP contribution in [-0.4, -0.2) is 41.2 Å². The molecule has 1 aromatic rings. The van der Waals surface area contributed by atoms with E-state index in [1.807, 2.05) is 0 Å². The molecule has 1 aliphatic rings. The smallest absolute Gasteiger partial charge is 0.355 e. The van der Waals surface area contributed by atoms with Gasteiger partial charge in [-0.3, -0.25) is 4.79 Å². The van der Waals surface area contributed by atoms with Crippen LogP contribution in [0.2, 0.25) is 0 Å². The van der Waals surface area contributed by atoms with Crippen LogP contribution in [0.3, 0.4) is 0 Å². The van der Waals surface area contributed by atoms with Gasteiger partial charge in [-0.2, -0.15) is 0 Å². The molecule has 1 amide bonds. The zero-order valence-corrected chi connectivity index (χ0v) is 10.7. The highest BCUT2D eigenvalue weighted by Crippen LogP contribution is 2.22. The normalized spacial score (nSPS) is 22.9. The molecule has 98 valence electrons. The van der Waals surface area contributed by atoms with E-state index in [2.05, 4.69) is 10.3 Å². The Hall–Kier alpha value is -1.47. The maximum atomic E-state index is 11.9. The van der Waals surface area contributed by atoms with Gasteiger partial charge in [0, 0.05) is 12.5 Å². The maximum absolute atomic E-state index is 11.9. The molecule has 0 aliphatic heterocycles. The summed E-state index contributed by atoms with van der Waals surface area (Å²) in [5.74, 6) is -1.46. The highest BCUT2D eigenvalue weighted by atomic mass is 32.1. The average Bonchev–Trinajstić information content (AvgIpc) is 2.96. The topological polar surface area (TPSA) is 88.5 Å². The second kappa shape index (κ2) is 5.45. The largest absolute Gasteiger partial charge is 0.476 e. The van der Waals surface area contributed by atoms with Crippen LogP contribution < -0.4 is 5.32 Å². The van der Waals surface area contributed by atoms with Gasteiger partial charge in [-0.15, -0.1) is 11.3 Å². The van der Waals surface area contributed by atoms with Crippen LogP contribution in [0, 0.1) is 0 Å². The van der Waals surface area contributed by atoms with Crippen LogP contribution in [0.15, 0.2) is 5.38 Å². The maximum Gasteiger partial charge on any atom is 0.355 e. The Morgan fingerprint density at radius 3 is 2.94 bits per heavy atom. The van der Waals surface area contributed by atoms with Crippen LogP contribution in [0.1, 0.15) is 39.6 Å². The van der Waals surface area contributed by atoms with E-state index in [0.717, 1.165) is 30.6 Å². The summed E-state index contributed by atoms with van der Waals surface area (Å²) in [5.41, 5.74) is -0.0973. The summed E-state index contributed by atoms with van der Waals surface area (Å²) in [4.78, 5) is 26.3. The van der Waals surface area contributed by atoms with E-state index in [-0.39, 0.29) is 28.8 Å². The average molecular weight is 270 g/mol. The Kier molecular flexibility index (Phi) is 3.93. The predicted molar refractivity (Wildman–Crippen MR) is 65.0 cm³/mol. The molecule has 1 fully saturated rings. The van der Waals surface area contributed by atoms with E-state index < -0.39 is 5.97 Å². The fourth-order valence-corrected chi connectivity index (χ4v) is 2.77. The van der Waals surface area contributed by atoms with Crippen LogP contribution in [0.25, 0.3) is 0 Å². The Balaban J connectivity index is 2.00. The highest BCUT2D eigenvalue weighted by molar-refractivity contribution is 7.11. The summed E-state index contributed by atoms with van der Waals surface area (Å²) in [5, 5.41) is 13.1. The first kappa shape index (κ1) is 13.0. The van der Waals surface area contributed by atoms with Gasteiger partial charge in [0.1, 0.15) is 0 Å². The first-order chi connectivity index (χ1) is 8.61. The molecule has 0 aromatic carbocycles. The number of nitrogens with one attached hydrogen (secondary N) is 1. The molecular weight excluding hydrogens is 256 g/mol. The third kappa shape index (κ3) is 2.68. The molecule has 2 rings (SSSR count). The standard InChI is InChI=1S/C11H14N2O4S/c1-17-8-4-2-3-6(8)12-9(14)10-13-7(5-18-10)11(15)16/h5-6,8H,2-4H2,1H3,(H,12,14)(H,15,16). The van der Waals surface area contributed by atoms with Crippen molar-refractivity contribution < 1.29 is 19.4 Å². The molecule has 2 atom stereocenters. The lowest BCUT2D eigenvalue weighted by Crippen LogP contribution is -2.40. The zero-order valence-electron chi connectivity index (χ0n) is 9.88. The number of carbonyl (C=O) groups is 2. The van der Waals surface area contributed by atoms with Gasteiger partial charge in [0.2, 0.25) is 0 Å². The first-order valence-electron chi connectivity index (χ1n) is 5.64. The van der Waals surface area contributed by atoms with Crippen molar-refractivity contribution in [3.63, 3.8) is 0 Å². The van der Waals surface area contributed by atoms with Crippen molar-refractivity contribution in [3.05, 3.63) is 16.1 Å². The molecule has 0 saturated heterocycles. The summed E-state index contributed by atoms with van der Waals surface area (Å²) in [7, 11) is 1.63. The number of ether oxygens (including phenoxy) is 1. The first-order valence-corrected chi connectivity index (χ1v) is 6.52. The fourth-order valence-electron chi connectivity index (χ4n) is 2.08. The number of methoxy groups -OCH3 is 1. The molecule has 1 heterocycles. The number of carboxylic acids is 1. The van der Waals surface area contributed by atoms with Crippen LogP contribution in [-0.2, 0) is 4.74 Å². The van der Waals surface area contributed by atoms with Crippen molar-refractivity contribution in [1.29, 1.82) is 0 Å². The molecule has 18 heavy (non-hydrogen) atoms. The van der Waals surface area contributed by atoms with E-state index in [1.54, 1.807) is 7.11 Å². The van der Waals surface area contributed by atoms with Crippen molar-refractivity contribution in [2.75, 3.05) is 7.11 Å². The number of nitrogens with zero attached hydrogens (tertiary/aromatic N) is 1. The third-order valence-corrected chi connectivity index (χ3v) is 3.83. The summed E-state index contributed by atoms with van der Waals surface area (Å²) in [6.07, 6.45) is 2.86. The summed E-state index contributed by atoms with van der Waals surface area (Å²) in [6.45, 7) is 0. The number of thiazole rings is 1. The quantitative estimate of drug-likeness (QED) is 0.856. The van der Waals surface area contributed by atoms with Gasteiger partial charge >= 0.3 is 5.97 Å². The molecule has 0 spiro atoms. The number of rotatable bonds is 4. The van der Waals surface area contributed by atoms with E-state index in [1.165, 1.54) is 5.38 Å². The van der Waals surface area contributed by atoms with Crippen LogP contribution >= 0.6 is 11.3 Å². The zero-order chi connectivity index (χ0) is 13.1. The molecule has 1 aliphatic carbocycles. The minimum atomic E-state index is -1.12. The van der Waals surface area contributed by atoms with Gasteiger partial charge in [0.25, 0.3) is 5.91 Å². The van der Waals surface area contributed by atoms with Gasteiger partial charge in [0.15, 0.2) is 10.7 Å². The SMILES string of the molecule is COC1CCCC1NC(=O)c1nc(C(=O)O)cs1. The number of amides is 1. The summed E-state index contributed by atoms with van der Waals surface area (Å²) >= 11 is 1.03.